The number of hydrogen-bond donors (Lipinski definition) is 2. The van der Waals surface area contributed by atoms with Gasteiger partial charge in [0.2, 0.25) is 0 Å². The fourth-order valence-corrected chi connectivity index (χ4v) is 2.61. The van der Waals surface area contributed by atoms with Crippen molar-refractivity contribution in [3.8, 4) is 0 Å². The third-order valence-corrected chi connectivity index (χ3v) is 3.94. The first-order valence-corrected chi connectivity index (χ1v) is 7.50. The lowest BCUT2D eigenvalue weighted by molar-refractivity contribution is 0.0891. The molecule has 2 rings (SSSR count). The third kappa shape index (κ3) is 3.44. The molecule has 0 amide bonds. The van der Waals surface area contributed by atoms with Crippen LogP contribution in [0.2, 0.25) is 0 Å². The Balaban J connectivity index is 2.41. The van der Waals surface area contributed by atoms with Crippen LogP contribution in [0.15, 0.2) is 0 Å². The van der Waals surface area contributed by atoms with E-state index < -0.39 is 0 Å². The predicted molar refractivity (Wildman–Crippen MR) is 85.5 cm³/mol. The molecule has 6 heteroatoms. The first-order chi connectivity index (χ1) is 9.86. The summed E-state index contributed by atoms with van der Waals surface area (Å²) >= 11 is 0. The van der Waals surface area contributed by atoms with E-state index in [0.717, 1.165) is 43.1 Å². The highest BCUT2D eigenvalue weighted by Gasteiger charge is 2.26. The van der Waals surface area contributed by atoms with Gasteiger partial charge in [-0.3, -0.25) is 0 Å². The Labute approximate surface area is 127 Å². The highest BCUT2D eigenvalue weighted by Crippen LogP contribution is 2.30. The maximum absolute atomic E-state index is 5.63. The summed E-state index contributed by atoms with van der Waals surface area (Å²) in [5, 5.41) is 0. The summed E-state index contributed by atoms with van der Waals surface area (Å²) in [6, 6.07) is 0. The lowest BCUT2D eigenvalue weighted by Crippen LogP contribution is -2.40. The smallest absolute Gasteiger partial charge is 0.148 e. The maximum atomic E-state index is 5.63. The van der Waals surface area contributed by atoms with E-state index in [-0.39, 0.29) is 11.5 Å². The molecule has 3 N–H and O–H groups in total. The van der Waals surface area contributed by atoms with Gasteiger partial charge in [0.05, 0.1) is 6.10 Å². The van der Waals surface area contributed by atoms with E-state index in [2.05, 4.69) is 36.1 Å². The van der Waals surface area contributed by atoms with Crippen LogP contribution in [0.3, 0.4) is 0 Å². The summed E-state index contributed by atoms with van der Waals surface area (Å²) in [7, 11) is 1.77. The minimum Gasteiger partial charge on any atom is -0.380 e. The number of rotatable bonds is 3. The zero-order valence-corrected chi connectivity index (χ0v) is 13.7. The van der Waals surface area contributed by atoms with Crippen molar-refractivity contribution in [3.63, 3.8) is 0 Å². The number of nitrogens with zero attached hydrogens (tertiary/aromatic N) is 3. The molecule has 0 aliphatic carbocycles. The van der Waals surface area contributed by atoms with Gasteiger partial charge in [-0.15, -0.1) is 0 Å². The van der Waals surface area contributed by atoms with E-state index in [4.69, 9.17) is 15.6 Å². The number of piperidine rings is 1. The molecule has 21 heavy (non-hydrogen) atoms. The van der Waals surface area contributed by atoms with E-state index in [1.54, 1.807) is 7.11 Å². The molecule has 1 aromatic rings. The molecule has 0 spiro atoms. The van der Waals surface area contributed by atoms with E-state index in [0.29, 0.717) is 5.82 Å². The van der Waals surface area contributed by atoms with Gasteiger partial charge in [-0.25, -0.2) is 15.8 Å². The van der Waals surface area contributed by atoms with Crippen LogP contribution in [-0.4, -0.2) is 36.3 Å². The largest absolute Gasteiger partial charge is 0.380 e. The van der Waals surface area contributed by atoms with Gasteiger partial charge in [-0.1, -0.05) is 20.8 Å². The highest BCUT2D eigenvalue weighted by atomic mass is 16.5. The number of methoxy groups -OCH3 is 1. The van der Waals surface area contributed by atoms with E-state index in [1.807, 2.05) is 6.92 Å². The first kappa shape index (κ1) is 16.0. The second-order valence-corrected chi connectivity index (χ2v) is 6.68. The highest BCUT2D eigenvalue weighted by molar-refractivity contribution is 5.58. The Morgan fingerprint density at radius 3 is 2.62 bits per heavy atom. The van der Waals surface area contributed by atoms with Gasteiger partial charge in [-0.2, -0.15) is 0 Å². The number of aromatic nitrogens is 2. The van der Waals surface area contributed by atoms with Crippen LogP contribution in [0.1, 0.15) is 45.0 Å². The Morgan fingerprint density at radius 1 is 1.33 bits per heavy atom. The Hall–Kier alpha value is -1.40. The number of nitrogens with one attached hydrogen (secondary N) is 1. The molecule has 118 valence electrons. The van der Waals surface area contributed by atoms with Crippen molar-refractivity contribution in [2.24, 2.45) is 5.84 Å². The summed E-state index contributed by atoms with van der Waals surface area (Å²) in [4.78, 5) is 11.6. The zero-order chi connectivity index (χ0) is 15.6. The van der Waals surface area contributed by atoms with Crippen molar-refractivity contribution >= 4 is 11.6 Å². The molecular formula is C15H27N5O. The minimum atomic E-state index is -0.121. The van der Waals surface area contributed by atoms with Crippen LogP contribution in [0.4, 0.5) is 11.6 Å². The number of nitrogen functional groups attached to an aromatic ring is 1. The van der Waals surface area contributed by atoms with Crippen molar-refractivity contribution in [1.82, 2.24) is 9.97 Å². The number of nitrogens with two attached hydrogens (primary N) is 1. The molecule has 1 aromatic heterocycles. The summed E-state index contributed by atoms with van der Waals surface area (Å²) in [6.07, 6.45) is 2.48. The van der Waals surface area contributed by atoms with Crippen molar-refractivity contribution in [2.75, 3.05) is 30.5 Å². The normalized spacial score (nSPS) is 19.7. The Kier molecular flexibility index (Phi) is 4.68. The summed E-state index contributed by atoms with van der Waals surface area (Å²) < 4.78 is 5.51. The Bertz CT molecular complexity index is 498. The summed E-state index contributed by atoms with van der Waals surface area (Å²) in [5.74, 6) is 8.09. The summed E-state index contributed by atoms with van der Waals surface area (Å²) in [6.45, 7) is 10.2. The van der Waals surface area contributed by atoms with Gasteiger partial charge in [0, 0.05) is 31.2 Å². The molecule has 1 unspecified atom stereocenters. The molecule has 1 atom stereocenters. The second-order valence-electron chi connectivity index (χ2n) is 6.68. The fraction of sp³-hybridized carbons (Fsp3) is 0.733. The lowest BCUT2D eigenvalue weighted by atomic mass is 9.95. The Morgan fingerprint density at radius 2 is 2.05 bits per heavy atom. The topological polar surface area (TPSA) is 76.3 Å². The van der Waals surface area contributed by atoms with Crippen LogP contribution < -0.4 is 16.2 Å². The zero-order valence-electron chi connectivity index (χ0n) is 13.7. The molecule has 1 fully saturated rings. The van der Waals surface area contributed by atoms with Crippen molar-refractivity contribution in [2.45, 2.75) is 52.1 Å². The summed E-state index contributed by atoms with van der Waals surface area (Å²) in [5.41, 5.74) is 3.57. The SMILES string of the molecule is COC1CCCN(c2nc(C(C)(C)C)nc(NN)c2C)C1. The fourth-order valence-electron chi connectivity index (χ4n) is 2.61. The third-order valence-electron chi connectivity index (χ3n) is 3.94. The molecule has 0 aromatic carbocycles. The van der Waals surface area contributed by atoms with Crippen LogP contribution >= 0.6 is 0 Å². The number of anilines is 2. The number of hydrogen-bond acceptors (Lipinski definition) is 6. The van der Waals surface area contributed by atoms with E-state index in [1.165, 1.54) is 0 Å². The number of ether oxygens (including phenoxy) is 1. The van der Waals surface area contributed by atoms with Gasteiger partial charge < -0.3 is 15.1 Å². The van der Waals surface area contributed by atoms with E-state index >= 15 is 0 Å². The molecule has 0 radical (unpaired) electrons. The van der Waals surface area contributed by atoms with Crippen molar-refractivity contribution in [3.05, 3.63) is 11.4 Å². The molecule has 0 bridgehead atoms. The second kappa shape index (κ2) is 6.15. The molecule has 1 aliphatic rings. The van der Waals surface area contributed by atoms with Gasteiger partial charge in [0.25, 0.3) is 0 Å². The monoisotopic (exact) mass is 293 g/mol. The average Bonchev–Trinajstić information content (AvgIpc) is 2.46. The van der Waals surface area contributed by atoms with Crippen LogP contribution in [0, 0.1) is 6.92 Å². The average molecular weight is 293 g/mol. The lowest BCUT2D eigenvalue weighted by Gasteiger charge is -2.34. The van der Waals surface area contributed by atoms with Gasteiger partial charge in [-0.05, 0) is 19.8 Å². The molecular weight excluding hydrogens is 266 g/mol. The molecule has 2 heterocycles. The molecule has 6 nitrogen and oxygen atoms in total. The quantitative estimate of drug-likeness (QED) is 0.655. The van der Waals surface area contributed by atoms with Crippen LogP contribution in [0.5, 0.6) is 0 Å². The van der Waals surface area contributed by atoms with Crippen molar-refractivity contribution in [1.29, 1.82) is 0 Å². The van der Waals surface area contributed by atoms with Crippen LogP contribution in [0.25, 0.3) is 0 Å². The maximum Gasteiger partial charge on any atom is 0.148 e. The van der Waals surface area contributed by atoms with Gasteiger partial charge in [0.15, 0.2) is 0 Å². The molecule has 0 saturated carbocycles. The molecule has 1 aliphatic heterocycles. The standard InChI is InChI=1S/C15H27N5O/c1-10-12(19-16)17-14(15(2,3)4)18-13(10)20-8-6-7-11(9-20)21-5/h11H,6-9,16H2,1-5H3,(H,17,18,19). The number of hydrazine groups is 1. The molecule has 1 saturated heterocycles. The van der Waals surface area contributed by atoms with Gasteiger partial charge >= 0.3 is 0 Å². The van der Waals surface area contributed by atoms with Crippen molar-refractivity contribution < 1.29 is 4.74 Å². The predicted octanol–water partition coefficient (Wildman–Crippen LogP) is 1.98. The van der Waals surface area contributed by atoms with Crippen LogP contribution in [-0.2, 0) is 10.2 Å². The van der Waals surface area contributed by atoms with E-state index in [9.17, 15) is 0 Å². The minimum absolute atomic E-state index is 0.121. The first-order valence-electron chi connectivity index (χ1n) is 7.50. The van der Waals surface area contributed by atoms with Gasteiger partial charge in [0.1, 0.15) is 17.5 Å².